The van der Waals surface area contributed by atoms with Crippen LogP contribution >= 0.6 is 0 Å². The van der Waals surface area contributed by atoms with E-state index < -0.39 is 0 Å². The third kappa shape index (κ3) is 5.78. The molecular weight excluding hydrogens is 184 g/mol. The molecule has 15 heavy (non-hydrogen) atoms. The van der Waals surface area contributed by atoms with Gasteiger partial charge in [-0.2, -0.15) is 0 Å². The molecule has 1 rings (SSSR count). The van der Waals surface area contributed by atoms with Gasteiger partial charge in [0.25, 0.3) is 0 Å². The van der Waals surface area contributed by atoms with Gasteiger partial charge >= 0.3 is 0 Å². The van der Waals surface area contributed by atoms with Crippen molar-refractivity contribution in [2.75, 3.05) is 0 Å². The quantitative estimate of drug-likeness (QED) is 0.694. The largest absolute Gasteiger partial charge is 0.393 e. The minimum absolute atomic E-state index is 0.0907. The molecule has 0 saturated carbocycles. The van der Waals surface area contributed by atoms with Crippen LogP contribution in [-0.2, 0) is 0 Å². The summed E-state index contributed by atoms with van der Waals surface area (Å²) in [6.45, 7) is 4.41. The summed E-state index contributed by atoms with van der Waals surface area (Å²) in [6, 6.07) is 0. The summed E-state index contributed by atoms with van der Waals surface area (Å²) in [7, 11) is 0. The SMILES string of the molecule is CC(C)C=C1C=CCCCCC(O)CC1. The summed E-state index contributed by atoms with van der Waals surface area (Å²) in [4.78, 5) is 0. The Hall–Kier alpha value is -0.560. The number of hydrogen-bond donors (Lipinski definition) is 1. The lowest BCUT2D eigenvalue weighted by atomic mass is 9.98. The minimum Gasteiger partial charge on any atom is -0.393 e. The summed E-state index contributed by atoms with van der Waals surface area (Å²) in [5, 5.41) is 9.73. The number of rotatable bonds is 1. The molecule has 0 radical (unpaired) electrons. The van der Waals surface area contributed by atoms with E-state index in [-0.39, 0.29) is 6.10 Å². The van der Waals surface area contributed by atoms with E-state index in [9.17, 15) is 5.11 Å². The zero-order valence-electron chi connectivity index (χ0n) is 10.1. The van der Waals surface area contributed by atoms with Crippen LogP contribution in [0, 0.1) is 5.92 Å². The Kier molecular flexibility index (Phi) is 5.70. The molecule has 0 saturated heterocycles. The summed E-state index contributed by atoms with van der Waals surface area (Å²) in [6.07, 6.45) is 13.2. The van der Waals surface area contributed by atoms with Gasteiger partial charge < -0.3 is 5.11 Å². The van der Waals surface area contributed by atoms with Gasteiger partial charge in [-0.25, -0.2) is 0 Å². The zero-order chi connectivity index (χ0) is 11.1. The fraction of sp³-hybridized carbons (Fsp3) is 0.714. The smallest absolute Gasteiger partial charge is 0.0543 e. The van der Waals surface area contributed by atoms with Crippen molar-refractivity contribution >= 4 is 0 Å². The van der Waals surface area contributed by atoms with Gasteiger partial charge in [-0.15, -0.1) is 0 Å². The van der Waals surface area contributed by atoms with E-state index in [0.29, 0.717) is 5.92 Å². The molecule has 1 aliphatic rings. The van der Waals surface area contributed by atoms with Crippen LogP contribution in [0.1, 0.15) is 52.4 Å². The van der Waals surface area contributed by atoms with Crippen LogP contribution in [0.25, 0.3) is 0 Å². The van der Waals surface area contributed by atoms with Gasteiger partial charge in [-0.1, -0.05) is 44.1 Å². The molecule has 1 heteroatoms. The van der Waals surface area contributed by atoms with Gasteiger partial charge in [0, 0.05) is 0 Å². The van der Waals surface area contributed by atoms with Gasteiger partial charge in [0.15, 0.2) is 0 Å². The van der Waals surface area contributed by atoms with Crippen molar-refractivity contribution in [3.63, 3.8) is 0 Å². The molecule has 0 aromatic heterocycles. The first-order valence-corrected chi connectivity index (χ1v) is 6.24. The predicted octanol–water partition coefficient (Wildman–Crippen LogP) is 3.84. The van der Waals surface area contributed by atoms with Crippen LogP contribution in [0.5, 0.6) is 0 Å². The Morgan fingerprint density at radius 2 is 2.13 bits per heavy atom. The fourth-order valence-corrected chi connectivity index (χ4v) is 2.00. The lowest BCUT2D eigenvalue weighted by molar-refractivity contribution is 0.151. The van der Waals surface area contributed by atoms with Gasteiger partial charge in [0.05, 0.1) is 6.10 Å². The number of hydrogen-bond acceptors (Lipinski definition) is 1. The zero-order valence-corrected chi connectivity index (χ0v) is 10.1. The summed E-state index contributed by atoms with van der Waals surface area (Å²) >= 11 is 0. The highest BCUT2D eigenvalue weighted by Gasteiger charge is 2.06. The van der Waals surface area contributed by atoms with Crippen LogP contribution in [0.2, 0.25) is 0 Å². The molecule has 1 atom stereocenters. The topological polar surface area (TPSA) is 20.2 Å². The van der Waals surface area contributed by atoms with E-state index in [0.717, 1.165) is 32.1 Å². The second kappa shape index (κ2) is 6.84. The predicted molar refractivity (Wildman–Crippen MR) is 65.8 cm³/mol. The van der Waals surface area contributed by atoms with Crippen molar-refractivity contribution in [2.45, 2.75) is 58.5 Å². The second-order valence-corrected chi connectivity index (χ2v) is 4.86. The molecule has 0 fully saturated rings. The normalized spacial score (nSPS) is 27.2. The highest BCUT2D eigenvalue weighted by molar-refractivity contribution is 5.19. The molecule has 0 aromatic rings. The summed E-state index contributed by atoms with van der Waals surface area (Å²) < 4.78 is 0. The molecular formula is C14H24O. The maximum atomic E-state index is 9.73. The number of allylic oxidation sites excluding steroid dienone is 4. The van der Waals surface area contributed by atoms with Gasteiger partial charge in [-0.05, 0) is 38.0 Å². The summed E-state index contributed by atoms with van der Waals surface area (Å²) in [5.74, 6) is 0.602. The first kappa shape index (κ1) is 12.5. The Bertz CT molecular complexity index is 225. The second-order valence-electron chi connectivity index (χ2n) is 4.86. The molecule has 86 valence electrons. The maximum Gasteiger partial charge on any atom is 0.0543 e. The maximum absolute atomic E-state index is 9.73. The van der Waals surface area contributed by atoms with Crippen molar-refractivity contribution in [3.8, 4) is 0 Å². The van der Waals surface area contributed by atoms with Crippen molar-refractivity contribution in [3.05, 3.63) is 23.8 Å². The Balaban J connectivity index is 2.59. The minimum atomic E-state index is -0.0907. The summed E-state index contributed by atoms with van der Waals surface area (Å²) in [5.41, 5.74) is 1.39. The lowest BCUT2D eigenvalue weighted by Crippen LogP contribution is -2.07. The fourth-order valence-electron chi connectivity index (χ4n) is 2.00. The third-order valence-electron chi connectivity index (χ3n) is 2.80. The van der Waals surface area contributed by atoms with Crippen molar-refractivity contribution in [1.82, 2.24) is 0 Å². The first-order valence-electron chi connectivity index (χ1n) is 6.24. The van der Waals surface area contributed by atoms with Crippen molar-refractivity contribution in [1.29, 1.82) is 0 Å². The van der Waals surface area contributed by atoms with E-state index in [1.807, 2.05) is 0 Å². The highest BCUT2D eigenvalue weighted by Crippen LogP contribution is 2.18. The van der Waals surface area contributed by atoms with Crippen LogP contribution in [0.3, 0.4) is 0 Å². The average Bonchev–Trinajstić information content (AvgIpc) is 2.18. The van der Waals surface area contributed by atoms with E-state index >= 15 is 0 Å². The van der Waals surface area contributed by atoms with E-state index in [1.165, 1.54) is 12.0 Å². The molecule has 0 amide bonds. The Morgan fingerprint density at radius 3 is 2.87 bits per heavy atom. The molecule has 0 aliphatic heterocycles. The lowest BCUT2D eigenvalue weighted by Gasteiger charge is -2.13. The van der Waals surface area contributed by atoms with Crippen LogP contribution in [0.15, 0.2) is 23.8 Å². The molecule has 0 bridgehead atoms. The van der Waals surface area contributed by atoms with Gasteiger partial charge in [0.2, 0.25) is 0 Å². The molecule has 1 unspecified atom stereocenters. The molecule has 0 spiro atoms. The Morgan fingerprint density at radius 1 is 1.33 bits per heavy atom. The molecule has 0 heterocycles. The van der Waals surface area contributed by atoms with E-state index in [4.69, 9.17) is 0 Å². The van der Waals surface area contributed by atoms with Crippen LogP contribution in [-0.4, -0.2) is 11.2 Å². The van der Waals surface area contributed by atoms with Gasteiger partial charge in [0.1, 0.15) is 0 Å². The number of aliphatic hydroxyl groups excluding tert-OH is 1. The number of aliphatic hydroxyl groups is 1. The van der Waals surface area contributed by atoms with Gasteiger partial charge in [-0.3, -0.25) is 0 Å². The molecule has 1 nitrogen and oxygen atoms in total. The van der Waals surface area contributed by atoms with Crippen molar-refractivity contribution in [2.24, 2.45) is 5.92 Å². The van der Waals surface area contributed by atoms with Crippen LogP contribution in [0.4, 0.5) is 0 Å². The average molecular weight is 208 g/mol. The van der Waals surface area contributed by atoms with E-state index in [1.54, 1.807) is 0 Å². The first-order chi connectivity index (χ1) is 7.18. The Labute approximate surface area is 93.9 Å². The molecule has 0 aromatic carbocycles. The monoisotopic (exact) mass is 208 g/mol. The standard InChI is InChI=1S/C14H24O/c1-12(2)11-13-7-5-3-4-6-8-14(15)10-9-13/h5,7,11-12,14-15H,3-4,6,8-10H2,1-2H3. The van der Waals surface area contributed by atoms with E-state index in [2.05, 4.69) is 32.1 Å². The molecule has 1 N–H and O–H groups in total. The van der Waals surface area contributed by atoms with Crippen molar-refractivity contribution < 1.29 is 5.11 Å². The molecule has 1 aliphatic carbocycles. The third-order valence-corrected chi connectivity index (χ3v) is 2.80. The van der Waals surface area contributed by atoms with Crippen LogP contribution < -0.4 is 0 Å². The highest BCUT2D eigenvalue weighted by atomic mass is 16.3.